The van der Waals surface area contributed by atoms with Crippen LogP contribution < -0.4 is 9.46 Å². The minimum atomic E-state index is -3.43. The van der Waals surface area contributed by atoms with Crippen molar-refractivity contribution < 1.29 is 13.2 Å². The highest BCUT2D eigenvalue weighted by Gasteiger charge is 2.19. The summed E-state index contributed by atoms with van der Waals surface area (Å²) in [6, 6.07) is 3.42. The molecule has 1 N–H and O–H groups in total. The molecule has 0 amide bonds. The number of hydrogen-bond acceptors (Lipinski definition) is 4. The van der Waals surface area contributed by atoms with Crippen LogP contribution in [0.5, 0.6) is 5.75 Å². The molecule has 0 fully saturated rings. The summed E-state index contributed by atoms with van der Waals surface area (Å²) in [5, 5.41) is 5.08. The maximum Gasteiger partial charge on any atom is 0.232 e. The van der Waals surface area contributed by atoms with Gasteiger partial charge in [0.1, 0.15) is 11.4 Å². The monoisotopic (exact) mass is 317 g/mol. The quantitative estimate of drug-likeness (QED) is 0.919. The Morgan fingerprint density at radius 3 is 2.75 bits per heavy atom. The molecule has 2 rings (SSSR count). The first-order chi connectivity index (χ1) is 9.39. The molecule has 110 valence electrons. The summed E-state index contributed by atoms with van der Waals surface area (Å²) in [4.78, 5) is 0. The Balaban J connectivity index is 2.66. The Morgan fingerprint density at radius 1 is 1.45 bits per heavy atom. The van der Waals surface area contributed by atoms with Gasteiger partial charge in [0.15, 0.2) is 5.15 Å². The third-order valence-corrected chi connectivity index (χ3v) is 4.61. The van der Waals surface area contributed by atoms with E-state index in [0.29, 0.717) is 33.9 Å². The fourth-order valence-electron chi connectivity index (χ4n) is 2.05. The van der Waals surface area contributed by atoms with Crippen molar-refractivity contribution in [2.45, 2.75) is 13.3 Å². The number of sulfonamides is 1. The van der Waals surface area contributed by atoms with Gasteiger partial charge in [0.25, 0.3) is 0 Å². The average molecular weight is 318 g/mol. The largest absolute Gasteiger partial charge is 0.494 e. The molecular weight excluding hydrogens is 302 g/mol. The molecule has 0 spiro atoms. The van der Waals surface area contributed by atoms with Crippen LogP contribution in [0.3, 0.4) is 0 Å². The molecule has 20 heavy (non-hydrogen) atoms. The molecule has 8 heteroatoms. The summed E-state index contributed by atoms with van der Waals surface area (Å²) in [7, 11) is -0.248. The minimum absolute atomic E-state index is 0.0398. The molecule has 0 unspecified atom stereocenters. The fraction of sp³-hybridized carbons (Fsp3) is 0.417. The summed E-state index contributed by atoms with van der Waals surface area (Å²) in [5.74, 6) is 0.467. The molecule has 0 saturated carbocycles. The zero-order valence-corrected chi connectivity index (χ0v) is 13.0. The van der Waals surface area contributed by atoms with Crippen LogP contribution in [0.1, 0.15) is 13.3 Å². The van der Waals surface area contributed by atoms with Crippen LogP contribution in [0.2, 0.25) is 5.15 Å². The zero-order valence-electron chi connectivity index (χ0n) is 11.5. The van der Waals surface area contributed by atoms with E-state index in [9.17, 15) is 8.42 Å². The Bertz CT molecular complexity index is 740. The molecule has 0 radical (unpaired) electrons. The molecule has 0 aliphatic heterocycles. The lowest BCUT2D eigenvalue weighted by atomic mass is 10.2. The standard InChI is InChI=1S/C12H16ClN3O3S/c1-4-7-20(17,18)15-10-9(19-3)6-5-8-11(10)16(2)14-12(8)13/h5-6,15H,4,7H2,1-3H3. The Hall–Kier alpha value is -1.47. The van der Waals surface area contributed by atoms with Crippen molar-refractivity contribution in [2.24, 2.45) is 7.05 Å². The molecule has 1 aromatic heterocycles. The van der Waals surface area contributed by atoms with Crippen LogP contribution in [0.15, 0.2) is 12.1 Å². The minimum Gasteiger partial charge on any atom is -0.494 e. The lowest BCUT2D eigenvalue weighted by Crippen LogP contribution is -2.17. The van der Waals surface area contributed by atoms with Gasteiger partial charge in [-0.3, -0.25) is 9.40 Å². The van der Waals surface area contributed by atoms with Gasteiger partial charge in [0, 0.05) is 12.4 Å². The smallest absolute Gasteiger partial charge is 0.232 e. The van der Waals surface area contributed by atoms with Gasteiger partial charge < -0.3 is 4.74 Å². The Labute approximate surface area is 122 Å². The lowest BCUT2D eigenvalue weighted by molar-refractivity contribution is 0.417. The topological polar surface area (TPSA) is 73.2 Å². The van der Waals surface area contributed by atoms with E-state index in [0.717, 1.165) is 0 Å². The first-order valence-electron chi connectivity index (χ1n) is 6.09. The molecule has 0 atom stereocenters. The van der Waals surface area contributed by atoms with Crippen molar-refractivity contribution in [3.63, 3.8) is 0 Å². The number of hydrogen-bond donors (Lipinski definition) is 1. The normalized spacial score (nSPS) is 11.8. The van der Waals surface area contributed by atoms with Crippen LogP contribution in [-0.4, -0.2) is 31.1 Å². The number of anilines is 1. The van der Waals surface area contributed by atoms with Gasteiger partial charge in [-0.2, -0.15) is 5.10 Å². The van der Waals surface area contributed by atoms with Crippen LogP contribution in [-0.2, 0) is 17.1 Å². The maximum absolute atomic E-state index is 12.0. The predicted molar refractivity (Wildman–Crippen MR) is 80.0 cm³/mol. The van der Waals surface area contributed by atoms with E-state index in [1.54, 1.807) is 26.1 Å². The number of fused-ring (bicyclic) bond motifs is 1. The van der Waals surface area contributed by atoms with Crippen molar-refractivity contribution in [3.8, 4) is 5.75 Å². The number of aryl methyl sites for hydroxylation is 1. The lowest BCUT2D eigenvalue weighted by Gasteiger charge is -2.13. The van der Waals surface area contributed by atoms with Crippen LogP contribution in [0, 0.1) is 0 Å². The van der Waals surface area contributed by atoms with Crippen molar-refractivity contribution >= 4 is 38.2 Å². The van der Waals surface area contributed by atoms with E-state index in [1.165, 1.54) is 11.8 Å². The Morgan fingerprint density at radius 2 is 2.15 bits per heavy atom. The Kier molecular flexibility index (Phi) is 4.10. The number of nitrogens with zero attached hydrogens (tertiary/aromatic N) is 2. The number of methoxy groups -OCH3 is 1. The molecule has 2 aromatic rings. The van der Waals surface area contributed by atoms with Crippen LogP contribution in [0.25, 0.3) is 10.9 Å². The average Bonchev–Trinajstić information content (AvgIpc) is 2.65. The number of aromatic nitrogens is 2. The van der Waals surface area contributed by atoms with E-state index in [4.69, 9.17) is 16.3 Å². The van der Waals surface area contributed by atoms with Gasteiger partial charge in [-0.1, -0.05) is 18.5 Å². The maximum atomic E-state index is 12.0. The number of ether oxygens (including phenoxy) is 1. The van der Waals surface area contributed by atoms with Gasteiger partial charge in [-0.15, -0.1) is 0 Å². The second-order valence-electron chi connectivity index (χ2n) is 4.37. The first-order valence-corrected chi connectivity index (χ1v) is 8.12. The van der Waals surface area contributed by atoms with Gasteiger partial charge >= 0.3 is 0 Å². The van der Waals surface area contributed by atoms with E-state index in [1.807, 2.05) is 0 Å². The number of halogens is 1. The van der Waals surface area contributed by atoms with E-state index >= 15 is 0 Å². The highest BCUT2D eigenvalue weighted by molar-refractivity contribution is 7.92. The highest BCUT2D eigenvalue weighted by atomic mass is 35.5. The summed E-state index contributed by atoms with van der Waals surface area (Å²) in [5.41, 5.74) is 0.953. The molecular formula is C12H16ClN3O3S. The van der Waals surface area contributed by atoms with Gasteiger partial charge in [-0.25, -0.2) is 8.42 Å². The van der Waals surface area contributed by atoms with Crippen LogP contribution in [0.4, 0.5) is 5.69 Å². The number of nitrogens with one attached hydrogen (secondary N) is 1. The molecule has 0 aliphatic rings. The molecule has 1 heterocycles. The van der Waals surface area contributed by atoms with Crippen molar-refractivity contribution in [1.82, 2.24) is 9.78 Å². The van der Waals surface area contributed by atoms with Gasteiger partial charge in [0.05, 0.1) is 18.4 Å². The van der Waals surface area contributed by atoms with Crippen molar-refractivity contribution in [2.75, 3.05) is 17.6 Å². The van der Waals surface area contributed by atoms with Crippen molar-refractivity contribution in [3.05, 3.63) is 17.3 Å². The third kappa shape index (κ3) is 2.69. The molecule has 0 aliphatic carbocycles. The molecule has 6 nitrogen and oxygen atoms in total. The summed E-state index contributed by atoms with van der Waals surface area (Å²) in [6.07, 6.45) is 0.528. The molecule has 1 aromatic carbocycles. The highest BCUT2D eigenvalue weighted by Crippen LogP contribution is 2.36. The second-order valence-corrected chi connectivity index (χ2v) is 6.57. The summed E-state index contributed by atoms with van der Waals surface area (Å²) < 4.78 is 33.3. The zero-order chi connectivity index (χ0) is 14.9. The first kappa shape index (κ1) is 14.9. The predicted octanol–water partition coefficient (Wildman–Crippen LogP) is 2.39. The fourth-order valence-corrected chi connectivity index (χ4v) is 3.47. The second kappa shape index (κ2) is 5.49. The molecule has 0 bridgehead atoms. The summed E-state index contributed by atoms with van der Waals surface area (Å²) in [6.45, 7) is 1.80. The number of benzene rings is 1. The van der Waals surface area contributed by atoms with Crippen molar-refractivity contribution in [1.29, 1.82) is 0 Å². The summed E-state index contributed by atoms with van der Waals surface area (Å²) >= 11 is 6.03. The van der Waals surface area contributed by atoms with E-state index < -0.39 is 10.0 Å². The van der Waals surface area contributed by atoms with Gasteiger partial charge in [-0.05, 0) is 18.6 Å². The van der Waals surface area contributed by atoms with Crippen LogP contribution >= 0.6 is 11.6 Å². The number of rotatable bonds is 5. The van der Waals surface area contributed by atoms with E-state index in [-0.39, 0.29) is 5.75 Å². The van der Waals surface area contributed by atoms with E-state index in [2.05, 4.69) is 9.82 Å². The third-order valence-electron chi connectivity index (χ3n) is 2.87. The SMILES string of the molecule is CCCS(=O)(=O)Nc1c(OC)ccc2c(Cl)nn(C)c12. The molecule has 0 saturated heterocycles. The van der Waals surface area contributed by atoms with Gasteiger partial charge in [0.2, 0.25) is 10.0 Å².